The highest BCUT2D eigenvalue weighted by atomic mass is 35.5. The van der Waals surface area contributed by atoms with E-state index in [1.165, 1.54) is 0 Å². The van der Waals surface area contributed by atoms with E-state index in [1.54, 1.807) is 0 Å². The van der Waals surface area contributed by atoms with E-state index < -0.39 is 0 Å². The number of amides is 1. The van der Waals surface area contributed by atoms with Crippen LogP contribution in [0.25, 0.3) is 0 Å². The van der Waals surface area contributed by atoms with Gasteiger partial charge in [-0.3, -0.25) is 4.79 Å². The molecule has 1 aliphatic heterocycles. The largest absolute Gasteiger partial charge is 0.492 e. The highest BCUT2D eigenvalue weighted by molar-refractivity contribution is 6.18. The van der Waals surface area contributed by atoms with Crippen LogP contribution in [-0.4, -0.2) is 24.9 Å². The molecule has 0 radical (unpaired) electrons. The minimum atomic E-state index is -0.190. The molecule has 0 fully saturated rings. The second-order valence-electron chi connectivity index (χ2n) is 3.38. The molecule has 0 aliphatic carbocycles. The normalized spacial score (nSPS) is 18.1. The zero-order valence-corrected chi connectivity index (χ0v) is 8.96. The summed E-state index contributed by atoms with van der Waals surface area (Å²) in [7, 11) is 0. The summed E-state index contributed by atoms with van der Waals surface area (Å²) in [6.07, 6.45) is 0. The zero-order chi connectivity index (χ0) is 10.7. The Bertz CT molecular complexity index is 367. The molecule has 1 unspecified atom stereocenters. The van der Waals surface area contributed by atoms with Crippen LogP contribution >= 0.6 is 11.6 Å². The van der Waals surface area contributed by atoms with Gasteiger partial charge in [0.25, 0.3) is 0 Å². The van der Waals surface area contributed by atoms with E-state index >= 15 is 0 Å². The fourth-order valence-electron chi connectivity index (χ4n) is 1.67. The van der Waals surface area contributed by atoms with Crippen LogP contribution in [-0.2, 0) is 4.79 Å². The molecule has 1 atom stereocenters. The number of fused-ring (bicyclic) bond motifs is 1. The predicted molar refractivity (Wildman–Crippen MR) is 58.4 cm³/mol. The Hall–Kier alpha value is -1.22. The predicted octanol–water partition coefficient (Wildman–Crippen LogP) is 1.52. The van der Waals surface area contributed by atoms with Crippen molar-refractivity contribution in [2.75, 3.05) is 19.0 Å². The number of halogens is 1. The number of nitrogens with one attached hydrogen (secondary N) is 1. The van der Waals surface area contributed by atoms with Gasteiger partial charge in [-0.25, -0.2) is 0 Å². The number of benzene rings is 1. The van der Waals surface area contributed by atoms with Crippen molar-refractivity contribution in [1.29, 1.82) is 0 Å². The summed E-state index contributed by atoms with van der Waals surface area (Å²) in [6, 6.07) is 7.62. The molecule has 1 aliphatic rings. The highest BCUT2D eigenvalue weighted by Crippen LogP contribution is 2.33. The molecule has 0 spiro atoms. The van der Waals surface area contributed by atoms with Crippen LogP contribution in [0, 0.1) is 0 Å². The summed E-state index contributed by atoms with van der Waals surface area (Å²) >= 11 is 5.51. The van der Waals surface area contributed by atoms with E-state index in [0.717, 1.165) is 11.3 Å². The molecule has 15 heavy (non-hydrogen) atoms. The topological polar surface area (TPSA) is 38.3 Å². The number of rotatable bonds is 3. The first-order chi connectivity index (χ1) is 7.33. The Morgan fingerprint density at radius 2 is 2.33 bits per heavy atom. The number of ether oxygens (including phenoxy) is 1. The summed E-state index contributed by atoms with van der Waals surface area (Å²) in [5, 5.41) is 2.76. The Balaban J connectivity index is 2.10. The molecule has 1 N–H and O–H groups in total. The molecule has 0 saturated heterocycles. The van der Waals surface area contributed by atoms with Crippen LogP contribution < -0.4 is 10.1 Å². The van der Waals surface area contributed by atoms with Crippen molar-refractivity contribution in [3.8, 4) is 5.75 Å². The molecule has 1 aromatic rings. The van der Waals surface area contributed by atoms with Gasteiger partial charge in [-0.15, -0.1) is 11.6 Å². The first-order valence-corrected chi connectivity index (χ1v) is 5.42. The zero-order valence-electron chi connectivity index (χ0n) is 8.20. The van der Waals surface area contributed by atoms with Crippen molar-refractivity contribution in [2.45, 2.75) is 5.92 Å². The minimum absolute atomic E-state index is 0.0133. The molecule has 1 heterocycles. The van der Waals surface area contributed by atoms with Gasteiger partial charge in [-0.2, -0.15) is 0 Å². The van der Waals surface area contributed by atoms with Gasteiger partial charge in [0.05, 0.1) is 0 Å². The second-order valence-corrected chi connectivity index (χ2v) is 3.76. The van der Waals surface area contributed by atoms with E-state index in [2.05, 4.69) is 5.32 Å². The summed E-state index contributed by atoms with van der Waals surface area (Å²) in [4.78, 5) is 11.7. The Kier molecular flexibility index (Phi) is 3.11. The van der Waals surface area contributed by atoms with Crippen molar-refractivity contribution >= 4 is 17.5 Å². The van der Waals surface area contributed by atoms with E-state index in [0.29, 0.717) is 19.0 Å². The van der Waals surface area contributed by atoms with Gasteiger partial charge < -0.3 is 10.1 Å². The maximum atomic E-state index is 11.7. The Morgan fingerprint density at radius 3 is 3.13 bits per heavy atom. The maximum Gasteiger partial charge on any atom is 0.231 e. The SMILES string of the molecule is O=C(NCCCl)C1COc2ccccc21. The number of hydrogen-bond donors (Lipinski definition) is 1. The fraction of sp³-hybridized carbons (Fsp3) is 0.364. The van der Waals surface area contributed by atoms with Gasteiger partial charge in [-0.1, -0.05) is 18.2 Å². The number of carbonyl (C=O) groups is 1. The smallest absolute Gasteiger partial charge is 0.231 e. The van der Waals surface area contributed by atoms with Gasteiger partial charge in [-0.05, 0) is 6.07 Å². The highest BCUT2D eigenvalue weighted by Gasteiger charge is 2.29. The fourth-order valence-corrected chi connectivity index (χ4v) is 1.77. The van der Waals surface area contributed by atoms with Gasteiger partial charge in [0.15, 0.2) is 0 Å². The van der Waals surface area contributed by atoms with Crippen LogP contribution in [0.3, 0.4) is 0 Å². The van der Waals surface area contributed by atoms with Gasteiger partial charge in [0.1, 0.15) is 18.3 Å². The van der Waals surface area contributed by atoms with Crippen molar-refractivity contribution < 1.29 is 9.53 Å². The Labute approximate surface area is 93.4 Å². The third-order valence-corrected chi connectivity index (χ3v) is 2.60. The molecule has 1 aromatic carbocycles. The third-order valence-electron chi connectivity index (χ3n) is 2.41. The quantitative estimate of drug-likeness (QED) is 0.793. The Morgan fingerprint density at radius 1 is 1.53 bits per heavy atom. The minimum Gasteiger partial charge on any atom is -0.492 e. The summed E-state index contributed by atoms with van der Waals surface area (Å²) in [5.74, 6) is 1.04. The van der Waals surface area contributed by atoms with Crippen LogP contribution in [0.2, 0.25) is 0 Å². The van der Waals surface area contributed by atoms with Crippen LogP contribution in [0.1, 0.15) is 11.5 Å². The van der Waals surface area contributed by atoms with Crippen LogP contribution in [0.4, 0.5) is 0 Å². The maximum absolute atomic E-state index is 11.7. The number of para-hydroxylation sites is 1. The van der Waals surface area contributed by atoms with E-state index in [4.69, 9.17) is 16.3 Å². The molecule has 0 saturated carbocycles. The molecule has 3 nitrogen and oxygen atoms in total. The molecular weight excluding hydrogens is 214 g/mol. The lowest BCUT2D eigenvalue weighted by Crippen LogP contribution is -2.31. The van der Waals surface area contributed by atoms with E-state index in [9.17, 15) is 4.79 Å². The average molecular weight is 226 g/mol. The molecule has 2 rings (SSSR count). The first-order valence-electron chi connectivity index (χ1n) is 4.88. The van der Waals surface area contributed by atoms with Crippen molar-refractivity contribution in [2.24, 2.45) is 0 Å². The number of hydrogen-bond acceptors (Lipinski definition) is 2. The lowest BCUT2D eigenvalue weighted by Gasteiger charge is -2.08. The standard InChI is InChI=1S/C11H12ClNO2/c12-5-6-13-11(14)9-7-15-10-4-2-1-3-8(9)10/h1-4,9H,5-7H2,(H,13,14). The second kappa shape index (κ2) is 4.53. The number of alkyl halides is 1. The van der Waals surface area contributed by atoms with Crippen molar-refractivity contribution in [1.82, 2.24) is 5.32 Å². The third kappa shape index (κ3) is 2.07. The average Bonchev–Trinajstić information content (AvgIpc) is 2.69. The van der Waals surface area contributed by atoms with Gasteiger partial charge in [0, 0.05) is 18.0 Å². The molecule has 80 valence electrons. The van der Waals surface area contributed by atoms with Crippen molar-refractivity contribution in [3.05, 3.63) is 29.8 Å². The summed E-state index contributed by atoms with van der Waals surface area (Å²) in [6.45, 7) is 0.923. The molecule has 1 amide bonds. The monoisotopic (exact) mass is 225 g/mol. The number of carbonyl (C=O) groups excluding carboxylic acids is 1. The van der Waals surface area contributed by atoms with E-state index in [1.807, 2.05) is 24.3 Å². The molecular formula is C11H12ClNO2. The summed E-state index contributed by atoms with van der Waals surface area (Å²) < 4.78 is 5.42. The molecule has 4 heteroatoms. The lowest BCUT2D eigenvalue weighted by molar-refractivity contribution is -0.122. The van der Waals surface area contributed by atoms with Gasteiger partial charge in [0.2, 0.25) is 5.91 Å². The van der Waals surface area contributed by atoms with Crippen LogP contribution in [0.5, 0.6) is 5.75 Å². The van der Waals surface area contributed by atoms with Gasteiger partial charge >= 0.3 is 0 Å². The molecule has 0 aromatic heterocycles. The van der Waals surface area contributed by atoms with E-state index in [-0.39, 0.29) is 11.8 Å². The first kappa shape index (κ1) is 10.3. The lowest BCUT2D eigenvalue weighted by atomic mass is 10.0. The van der Waals surface area contributed by atoms with Crippen LogP contribution in [0.15, 0.2) is 24.3 Å². The summed E-state index contributed by atoms with van der Waals surface area (Å²) in [5.41, 5.74) is 0.963. The van der Waals surface area contributed by atoms with Crippen molar-refractivity contribution in [3.63, 3.8) is 0 Å². The molecule has 0 bridgehead atoms.